The molecule has 0 radical (unpaired) electrons. The van der Waals surface area contributed by atoms with Crippen LogP contribution in [0.3, 0.4) is 0 Å². The summed E-state index contributed by atoms with van der Waals surface area (Å²) in [5.74, 6) is -0.771. The van der Waals surface area contributed by atoms with Crippen molar-refractivity contribution in [1.29, 1.82) is 0 Å². The number of alkyl halides is 3. The van der Waals surface area contributed by atoms with Crippen molar-refractivity contribution >= 4 is 34.3 Å². The summed E-state index contributed by atoms with van der Waals surface area (Å²) in [4.78, 5) is 17.2. The fourth-order valence-electron chi connectivity index (χ4n) is 3.63. The van der Waals surface area contributed by atoms with E-state index in [0.29, 0.717) is 33.4 Å². The van der Waals surface area contributed by atoms with Crippen molar-refractivity contribution in [2.45, 2.75) is 45.4 Å². The second-order valence-electron chi connectivity index (χ2n) is 7.79. The highest BCUT2D eigenvalue weighted by Crippen LogP contribution is 2.42. The second kappa shape index (κ2) is 9.03. The summed E-state index contributed by atoms with van der Waals surface area (Å²) >= 11 is 1.25. The van der Waals surface area contributed by atoms with Gasteiger partial charge in [0.05, 0.1) is 35.7 Å². The van der Waals surface area contributed by atoms with Crippen molar-refractivity contribution in [2.75, 3.05) is 5.32 Å². The summed E-state index contributed by atoms with van der Waals surface area (Å²) in [5, 5.41) is 20.9. The van der Waals surface area contributed by atoms with Gasteiger partial charge in [0, 0.05) is 5.56 Å². The van der Waals surface area contributed by atoms with Gasteiger partial charge in [-0.2, -0.15) is 13.2 Å². The third kappa shape index (κ3) is 4.81. The smallest absolute Gasteiger partial charge is 0.389 e. The van der Waals surface area contributed by atoms with Crippen LogP contribution >= 0.6 is 11.3 Å². The lowest BCUT2D eigenvalue weighted by molar-refractivity contribution is -0.138. The van der Waals surface area contributed by atoms with E-state index >= 15 is 0 Å². The van der Waals surface area contributed by atoms with E-state index in [2.05, 4.69) is 20.5 Å². The molecule has 1 aromatic heterocycles. The Morgan fingerprint density at radius 1 is 1.18 bits per heavy atom. The maximum atomic E-state index is 13.7. The van der Waals surface area contributed by atoms with E-state index < -0.39 is 17.6 Å². The Kier molecular flexibility index (Phi) is 6.31. The first kappa shape index (κ1) is 23.1. The van der Waals surface area contributed by atoms with Gasteiger partial charge in [-0.25, -0.2) is 0 Å². The minimum absolute atomic E-state index is 0.0437. The number of anilines is 1. The fourth-order valence-corrected chi connectivity index (χ4v) is 4.33. The molecule has 3 aromatic rings. The molecule has 0 spiro atoms. The van der Waals surface area contributed by atoms with Crippen LogP contribution in [0.25, 0.3) is 10.6 Å². The predicted octanol–water partition coefficient (Wildman–Crippen LogP) is 5.69. The Morgan fingerprint density at radius 2 is 1.94 bits per heavy atom. The van der Waals surface area contributed by atoms with Crippen LogP contribution in [0.5, 0.6) is 0 Å². The lowest BCUT2D eigenvalue weighted by Crippen LogP contribution is -2.16. The van der Waals surface area contributed by atoms with Crippen LogP contribution in [0.2, 0.25) is 0 Å². The number of halogens is 3. The molecule has 1 amide bonds. The van der Waals surface area contributed by atoms with Gasteiger partial charge in [-0.05, 0) is 41.7 Å². The minimum atomic E-state index is -4.54. The van der Waals surface area contributed by atoms with Gasteiger partial charge in [-0.1, -0.05) is 43.4 Å². The quantitative estimate of drug-likeness (QED) is 0.497. The number of aliphatic hydroxyl groups excluding tert-OH is 1. The van der Waals surface area contributed by atoms with Gasteiger partial charge in [-0.3, -0.25) is 9.79 Å². The molecule has 4 rings (SSSR count). The van der Waals surface area contributed by atoms with Gasteiger partial charge in [0.1, 0.15) is 10.0 Å². The van der Waals surface area contributed by atoms with Crippen LogP contribution in [0.15, 0.2) is 41.4 Å². The van der Waals surface area contributed by atoms with E-state index in [0.717, 1.165) is 11.6 Å². The topological polar surface area (TPSA) is 87.5 Å². The van der Waals surface area contributed by atoms with E-state index in [4.69, 9.17) is 0 Å². The van der Waals surface area contributed by atoms with E-state index in [1.165, 1.54) is 17.4 Å². The number of aromatic nitrogens is 2. The molecule has 0 aliphatic carbocycles. The van der Waals surface area contributed by atoms with E-state index in [-0.39, 0.29) is 30.2 Å². The summed E-state index contributed by atoms with van der Waals surface area (Å²) in [7, 11) is 0. The molecule has 10 heteroatoms. The number of aliphatic hydroxyl groups is 1. The highest BCUT2D eigenvalue weighted by molar-refractivity contribution is 7.14. The average Bonchev–Trinajstić information content (AvgIpc) is 3.21. The maximum Gasteiger partial charge on any atom is 0.416 e. The number of carbonyl (C=O) groups is 1. The number of rotatable bonds is 5. The molecule has 0 bridgehead atoms. The van der Waals surface area contributed by atoms with Gasteiger partial charge in [0.2, 0.25) is 5.91 Å². The van der Waals surface area contributed by atoms with Crippen LogP contribution in [0.4, 0.5) is 24.5 Å². The number of carbonyl (C=O) groups excluding carboxylic acids is 1. The molecule has 2 aromatic carbocycles. The summed E-state index contributed by atoms with van der Waals surface area (Å²) in [6.07, 6.45) is -4.10. The molecule has 6 nitrogen and oxygen atoms in total. The van der Waals surface area contributed by atoms with E-state index in [1.807, 2.05) is 13.0 Å². The third-order valence-corrected chi connectivity index (χ3v) is 6.48. The number of nitrogens with one attached hydrogen (secondary N) is 1. The standard InChI is InChI=1S/C23H21F3N4O2S/c1-3-12(2)15-8-18-19(9-16(15)23(24,25)26)28-20(32)10-17(27-18)13-5-4-6-14(7-13)22-30-29-21(11-31)33-22/h4-9,12,31H,3,10-11H2,1-2H3,(H,28,32). The Hall–Kier alpha value is -3.11. The van der Waals surface area contributed by atoms with Crippen molar-refractivity contribution in [2.24, 2.45) is 4.99 Å². The average molecular weight is 475 g/mol. The van der Waals surface area contributed by atoms with Gasteiger partial charge in [-0.15, -0.1) is 10.2 Å². The fraction of sp³-hybridized carbons (Fsp3) is 0.304. The van der Waals surface area contributed by atoms with E-state index in [9.17, 15) is 23.1 Å². The molecule has 0 saturated heterocycles. The van der Waals surface area contributed by atoms with Gasteiger partial charge in [0.25, 0.3) is 0 Å². The van der Waals surface area contributed by atoms with Gasteiger partial charge < -0.3 is 10.4 Å². The van der Waals surface area contributed by atoms with Gasteiger partial charge >= 0.3 is 6.18 Å². The zero-order valence-electron chi connectivity index (χ0n) is 17.9. The highest BCUT2D eigenvalue weighted by atomic mass is 32.1. The van der Waals surface area contributed by atoms with Crippen LogP contribution in [0.1, 0.15) is 54.3 Å². The molecular weight excluding hydrogens is 453 g/mol. The van der Waals surface area contributed by atoms with Crippen molar-refractivity contribution in [3.05, 3.63) is 58.1 Å². The number of hydrogen-bond donors (Lipinski definition) is 2. The van der Waals surface area contributed by atoms with Gasteiger partial charge in [0.15, 0.2) is 0 Å². The van der Waals surface area contributed by atoms with Crippen molar-refractivity contribution < 1.29 is 23.1 Å². The predicted molar refractivity (Wildman–Crippen MR) is 121 cm³/mol. The number of nitrogens with zero attached hydrogens (tertiary/aromatic N) is 3. The second-order valence-corrected chi connectivity index (χ2v) is 8.85. The number of amides is 1. The Balaban J connectivity index is 1.82. The largest absolute Gasteiger partial charge is 0.416 e. The van der Waals surface area contributed by atoms with Crippen LogP contribution in [-0.2, 0) is 17.6 Å². The normalized spacial score (nSPS) is 14.8. The summed E-state index contributed by atoms with van der Waals surface area (Å²) in [5.41, 5.74) is 1.57. The molecule has 1 aliphatic rings. The van der Waals surface area contributed by atoms with Crippen LogP contribution < -0.4 is 5.32 Å². The molecule has 33 heavy (non-hydrogen) atoms. The highest BCUT2D eigenvalue weighted by Gasteiger charge is 2.36. The van der Waals surface area contributed by atoms with E-state index in [1.54, 1.807) is 25.1 Å². The van der Waals surface area contributed by atoms with Crippen molar-refractivity contribution in [1.82, 2.24) is 10.2 Å². The summed E-state index contributed by atoms with van der Waals surface area (Å²) in [6, 6.07) is 9.61. The molecule has 0 saturated carbocycles. The summed E-state index contributed by atoms with van der Waals surface area (Å²) < 4.78 is 41.1. The molecule has 2 heterocycles. The lowest BCUT2D eigenvalue weighted by Gasteiger charge is -2.19. The first-order valence-electron chi connectivity index (χ1n) is 10.4. The lowest BCUT2D eigenvalue weighted by atomic mass is 9.92. The third-order valence-electron chi connectivity index (χ3n) is 5.52. The van der Waals surface area contributed by atoms with Crippen LogP contribution in [0, 0.1) is 0 Å². The zero-order chi connectivity index (χ0) is 23.8. The Bertz CT molecular complexity index is 1240. The Morgan fingerprint density at radius 3 is 2.61 bits per heavy atom. The van der Waals surface area contributed by atoms with Crippen molar-refractivity contribution in [3.8, 4) is 10.6 Å². The molecule has 1 unspecified atom stereocenters. The van der Waals surface area contributed by atoms with Crippen molar-refractivity contribution in [3.63, 3.8) is 0 Å². The molecule has 1 atom stereocenters. The molecule has 2 N–H and O–H groups in total. The Labute approximate surface area is 192 Å². The number of aliphatic imine (C=N–C) groups is 1. The molecule has 1 aliphatic heterocycles. The summed E-state index contributed by atoms with van der Waals surface area (Å²) in [6.45, 7) is 3.36. The zero-order valence-corrected chi connectivity index (χ0v) is 18.7. The first-order chi connectivity index (χ1) is 15.7. The molecular formula is C23H21F3N4O2S. The number of benzene rings is 2. The first-order valence-corrected chi connectivity index (χ1v) is 11.2. The molecule has 172 valence electrons. The maximum absolute atomic E-state index is 13.7. The minimum Gasteiger partial charge on any atom is -0.389 e. The number of fused-ring (bicyclic) bond motifs is 1. The monoisotopic (exact) mass is 474 g/mol. The van der Waals surface area contributed by atoms with Crippen LogP contribution in [-0.4, -0.2) is 26.9 Å². The SMILES string of the molecule is CCC(C)c1cc2c(cc1C(F)(F)F)NC(=O)CC(c1cccc(-c3nnc(CO)s3)c1)=N2. The molecule has 0 fully saturated rings. The number of hydrogen-bond acceptors (Lipinski definition) is 6.